The lowest BCUT2D eigenvalue weighted by atomic mass is 10.2. The number of rotatable bonds is 6. The van der Waals surface area contributed by atoms with Gasteiger partial charge in [-0.05, 0) is 25.1 Å². The van der Waals surface area contributed by atoms with E-state index in [0.29, 0.717) is 12.4 Å². The molecule has 0 saturated heterocycles. The lowest BCUT2D eigenvalue weighted by Gasteiger charge is -2.09. The molecule has 0 aliphatic heterocycles. The van der Waals surface area contributed by atoms with Crippen LogP contribution in [0.4, 0.5) is 0 Å². The number of aromatic nitrogens is 6. The van der Waals surface area contributed by atoms with Crippen LogP contribution in [0, 0.1) is 0 Å². The molecule has 1 aromatic carbocycles. The maximum absolute atomic E-state index is 5.07. The maximum Gasteiger partial charge on any atom is 0.153 e. The third-order valence-corrected chi connectivity index (χ3v) is 4.60. The topological polar surface area (TPSA) is 70.7 Å². The molecule has 4 rings (SSSR count). The van der Waals surface area contributed by atoms with Crippen LogP contribution in [0.2, 0.25) is 0 Å². The predicted octanol–water partition coefficient (Wildman–Crippen LogP) is 3.41. The molecule has 0 saturated carbocycles. The van der Waals surface area contributed by atoms with Crippen LogP contribution in [0.5, 0.6) is 0 Å². The van der Waals surface area contributed by atoms with Crippen LogP contribution in [0.1, 0.15) is 25.5 Å². The van der Waals surface area contributed by atoms with Gasteiger partial charge in [0.05, 0.1) is 16.6 Å². The summed E-state index contributed by atoms with van der Waals surface area (Å²) in [4.78, 5) is 18.0. The van der Waals surface area contributed by atoms with E-state index < -0.39 is 0 Å². The highest BCUT2D eigenvalue weighted by Gasteiger charge is 2.12. The molecule has 7 heteroatoms. The van der Waals surface area contributed by atoms with Crippen molar-refractivity contribution in [1.82, 2.24) is 29.1 Å². The third-order valence-electron chi connectivity index (χ3n) is 4.60. The van der Waals surface area contributed by atoms with Gasteiger partial charge in [0.15, 0.2) is 5.82 Å². The van der Waals surface area contributed by atoms with E-state index in [1.54, 1.807) is 25.7 Å². The van der Waals surface area contributed by atoms with Crippen LogP contribution >= 0.6 is 0 Å². The zero-order valence-corrected chi connectivity index (χ0v) is 15.8. The van der Waals surface area contributed by atoms with Crippen LogP contribution < -0.4 is 0 Å². The summed E-state index contributed by atoms with van der Waals surface area (Å²) in [6.07, 6.45) is 8.20. The number of aryl methyl sites for hydroxylation is 2. The minimum atomic E-state index is 0.394. The Bertz CT molecular complexity index is 1060. The summed E-state index contributed by atoms with van der Waals surface area (Å²) in [6, 6.07) is 6.33. The Kier molecular flexibility index (Phi) is 4.68. The molecule has 0 unspecified atom stereocenters. The van der Waals surface area contributed by atoms with Gasteiger partial charge in [-0.25, -0.2) is 19.9 Å². The first kappa shape index (κ1) is 17.4. The standard InChI is InChI=1S/C20H22N6O/c1-4-19-24-16-10-15(6-7-17(16)25(19)5-2)26-9-8-21-20(26)14-11-22-18(13-27-3)23-12-14/h6-12H,4-5,13H2,1-3H3. The molecule has 0 radical (unpaired) electrons. The fraction of sp³-hybridized carbons (Fsp3) is 0.300. The number of hydrogen-bond acceptors (Lipinski definition) is 5. The molecule has 0 spiro atoms. The lowest BCUT2D eigenvalue weighted by molar-refractivity contribution is 0.178. The van der Waals surface area contributed by atoms with Gasteiger partial charge in [0, 0.05) is 50.6 Å². The SMILES string of the molecule is CCc1nc2cc(-n3ccnc3-c3cnc(COC)nc3)ccc2n1CC. The summed E-state index contributed by atoms with van der Waals surface area (Å²) in [7, 11) is 1.63. The number of methoxy groups -OCH3 is 1. The average molecular weight is 362 g/mol. The first-order valence-electron chi connectivity index (χ1n) is 9.08. The van der Waals surface area contributed by atoms with Crippen molar-refractivity contribution in [3.63, 3.8) is 0 Å². The second-order valence-corrected chi connectivity index (χ2v) is 6.24. The van der Waals surface area contributed by atoms with E-state index in [2.05, 4.69) is 51.6 Å². The van der Waals surface area contributed by atoms with Gasteiger partial charge in [0.1, 0.15) is 18.3 Å². The van der Waals surface area contributed by atoms with E-state index in [0.717, 1.165) is 46.9 Å². The van der Waals surface area contributed by atoms with E-state index in [1.807, 2.05) is 10.8 Å². The Labute approximate surface area is 157 Å². The van der Waals surface area contributed by atoms with Gasteiger partial charge in [0.2, 0.25) is 0 Å². The number of benzene rings is 1. The average Bonchev–Trinajstić information content (AvgIpc) is 3.32. The second kappa shape index (κ2) is 7.28. The van der Waals surface area contributed by atoms with Gasteiger partial charge in [-0.1, -0.05) is 6.92 Å². The fourth-order valence-electron chi connectivity index (χ4n) is 3.34. The van der Waals surface area contributed by atoms with E-state index in [9.17, 15) is 0 Å². The largest absolute Gasteiger partial charge is 0.377 e. The van der Waals surface area contributed by atoms with Crippen molar-refractivity contribution in [3.05, 3.63) is 54.6 Å². The Morgan fingerprint density at radius 1 is 1.07 bits per heavy atom. The normalized spacial score (nSPS) is 11.4. The zero-order valence-electron chi connectivity index (χ0n) is 15.8. The molecule has 0 N–H and O–H groups in total. The maximum atomic E-state index is 5.07. The molecule has 0 aliphatic carbocycles. The first-order valence-corrected chi connectivity index (χ1v) is 9.08. The zero-order chi connectivity index (χ0) is 18.8. The number of hydrogen-bond donors (Lipinski definition) is 0. The molecule has 0 amide bonds. The molecule has 27 heavy (non-hydrogen) atoms. The van der Waals surface area contributed by atoms with Crippen molar-refractivity contribution in [2.75, 3.05) is 7.11 Å². The molecule has 0 aliphatic rings. The van der Waals surface area contributed by atoms with E-state index in [1.165, 1.54) is 0 Å². The molecular formula is C20H22N6O. The number of imidazole rings is 2. The number of nitrogens with zero attached hydrogens (tertiary/aromatic N) is 6. The van der Waals surface area contributed by atoms with E-state index >= 15 is 0 Å². The quantitative estimate of drug-likeness (QED) is 0.526. The molecule has 3 heterocycles. The number of fused-ring (bicyclic) bond motifs is 1. The monoisotopic (exact) mass is 362 g/mol. The molecular weight excluding hydrogens is 340 g/mol. The highest BCUT2D eigenvalue weighted by atomic mass is 16.5. The molecule has 3 aromatic heterocycles. The lowest BCUT2D eigenvalue weighted by Crippen LogP contribution is -2.01. The highest BCUT2D eigenvalue weighted by Crippen LogP contribution is 2.24. The summed E-state index contributed by atoms with van der Waals surface area (Å²) < 4.78 is 9.36. The number of ether oxygens (including phenoxy) is 1. The van der Waals surface area contributed by atoms with Gasteiger partial charge >= 0.3 is 0 Å². The van der Waals surface area contributed by atoms with Crippen molar-refractivity contribution >= 4 is 11.0 Å². The predicted molar refractivity (Wildman–Crippen MR) is 104 cm³/mol. The summed E-state index contributed by atoms with van der Waals surface area (Å²) in [5, 5.41) is 0. The van der Waals surface area contributed by atoms with Crippen LogP contribution in [0.25, 0.3) is 28.1 Å². The van der Waals surface area contributed by atoms with Crippen LogP contribution in [-0.4, -0.2) is 36.2 Å². The van der Waals surface area contributed by atoms with Crippen LogP contribution in [0.15, 0.2) is 43.0 Å². The molecule has 0 fully saturated rings. The van der Waals surface area contributed by atoms with Gasteiger partial charge in [-0.3, -0.25) is 4.57 Å². The summed E-state index contributed by atoms with van der Waals surface area (Å²) in [5.74, 6) is 2.56. The highest BCUT2D eigenvalue weighted by molar-refractivity contribution is 5.79. The Hall–Kier alpha value is -3.06. The van der Waals surface area contributed by atoms with E-state index in [-0.39, 0.29) is 0 Å². The minimum Gasteiger partial charge on any atom is -0.377 e. The smallest absolute Gasteiger partial charge is 0.153 e. The molecule has 0 atom stereocenters. The fourth-order valence-corrected chi connectivity index (χ4v) is 3.34. The Morgan fingerprint density at radius 3 is 2.59 bits per heavy atom. The summed E-state index contributed by atoms with van der Waals surface area (Å²) >= 11 is 0. The van der Waals surface area contributed by atoms with Crippen molar-refractivity contribution < 1.29 is 4.74 Å². The molecule has 0 bridgehead atoms. The van der Waals surface area contributed by atoms with Gasteiger partial charge < -0.3 is 9.30 Å². The third kappa shape index (κ3) is 3.10. The minimum absolute atomic E-state index is 0.394. The summed E-state index contributed by atoms with van der Waals surface area (Å²) in [6.45, 7) is 5.59. The van der Waals surface area contributed by atoms with Gasteiger partial charge in [-0.15, -0.1) is 0 Å². The van der Waals surface area contributed by atoms with E-state index in [4.69, 9.17) is 9.72 Å². The van der Waals surface area contributed by atoms with Crippen molar-refractivity contribution in [2.45, 2.75) is 33.4 Å². The molecule has 4 aromatic rings. The van der Waals surface area contributed by atoms with Gasteiger partial charge in [0.25, 0.3) is 0 Å². The Morgan fingerprint density at radius 2 is 1.89 bits per heavy atom. The first-order chi connectivity index (χ1) is 13.2. The molecule has 138 valence electrons. The van der Waals surface area contributed by atoms with Crippen molar-refractivity contribution in [2.24, 2.45) is 0 Å². The van der Waals surface area contributed by atoms with Crippen molar-refractivity contribution in [1.29, 1.82) is 0 Å². The summed E-state index contributed by atoms with van der Waals surface area (Å²) in [5.41, 5.74) is 4.03. The molecule has 7 nitrogen and oxygen atoms in total. The van der Waals surface area contributed by atoms with Crippen LogP contribution in [-0.2, 0) is 24.3 Å². The van der Waals surface area contributed by atoms with Crippen molar-refractivity contribution in [3.8, 4) is 17.1 Å². The van der Waals surface area contributed by atoms with Crippen LogP contribution in [0.3, 0.4) is 0 Å². The Balaban J connectivity index is 1.75. The second-order valence-electron chi connectivity index (χ2n) is 6.24. The van der Waals surface area contributed by atoms with Gasteiger partial charge in [-0.2, -0.15) is 0 Å².